The predicted molar refractivity (Wildman–Crippen MR) is 76.3 cm³/mol. The Bertz CT molecular complexity index is 558. The van der Waals surface area contributed by atoms with E-state index in [0.717, 1.165) is 61.3 Å². The van der Waals surface area contributed by atoms with Gasteiger partial charge in [-0.05, 0) is 55.6 Å². The molecule has 2 fully saturated rings. The summed E-state index contributed by atoms with van der Waals surface area (Å²) in [6.45, 7) is 1.99. The molecular weight excluding hydrogens is 252 g/mol. The first kappa shape index (κ1) is 12.2. The monoisotopic (exact) mass is 272 g/mol. The second-order valence-electron chi connectivity index (χ2n) is 6.48. The molecule has 1 saturated carbocycles. The molecule has 2 heterocycles. The van der Waals surface area contributed by atoms with E-state index in [1.807, 2.05) is 6.07 Å². The van der Waals surface area contributed by atoms with Crippen LogP contribution in [0.15, 0.2) is 6.07 Å². The third kappa shape index (κ3) is 1.81. The van der Waals surface area contributed by atoms with Crippen LogP contribution in [-0.4, -0.2) is 29.1 Å². The molecule has 4 heteroatoms. The molecule has 4 nitrogen and oxygen atoms in total. The number of fused-ring (bicyclic) bond motifs is 2. The number of carboxylic acid groups (broad SMARTS) is 1. The molecule has 4 rings (SSSR count). The third-order valence-electron chi connectivity index (χ3n) is 5.29. The molecular formula is C16H20N2O2. The molecule has 2 unspecified atom stereocenters. The lowest BCUT2D eigenvalue weighted by molar-refractivity contribution is 0.0697. The van der Waals surface area contributed by atoms with Gasteiger partial charge in [0.1, 0.15) is 11.4 Å². The summed E-state index contributed by atoms with van der Waals surface area (Å²) in [5.74, 6) is 1.41. The molecule has 106 valence electrons. The van der Waals surface area contributed by atoms with E-state index in [-0.39, 0.29) is 0 Å². The molecule has 1 aromatic rings. The van der Waals surface area contributed by atoms with E-state index in [1.165, 1.54) is 19.3 Å². The Morgan fingerprint density at radius 2 is 1.95 bits per heavy atom. The van der Waals surface area contributed by atoms with Gasteiger partial charge in [-0.3, -0.25) is 0 Å². The van der Waals surface area contributed by atoms with E-state index in [2.05, 4.69) is 4.90 Å². The van der Waals surface area contributed by atoms with Gasteiger partial charge in [-0.1, -0.05) is 6.42 Å². The number of hydrogen-bond donors (Lipinski definition) is 1. The van der Waals surface area contributed by atoms with Crippen molar-refractivity contribution < 1.29 is 9.90 Å². The van der Waals surface area contributed by atoms with Gasteiger partial charge in [-0.15, -0.1) is 0 Å². The van der Waals surface area contributed by atoms with E-state index in [0.29, 0.717) is 5.56 Å². The van der Waals surface area contributed by atoms with Crippen LogP contribution in [0.25, 0.3) is 0 Å². The number of rotatable bonds is 2. The highest BCUT2D eigenvalue weighted by Gasteiger charge is 2.38. The number of aromatic nitrogens is 1. The Balaban J connectivity index is 1.72. The lowest BCUT2D eigenvalue weighted by atomic mass is 10.0. The first-order valence-corrected chi connectivity index (χ1v) is 7.73. The van der Waals surface area contributed by atoms with Gasteiger partial charge in [0.15, 0.2) is 0 Å². The Morgan fingerprint density at radius 3 is 2.65 bits per heavy atom. The molecule has 1 aliphatic heterocycles. The van der Waals surface area contributed by atoms with Gasteiger partial charge in [-0.2, -0.15) is 0 Å². The molecule has 0 amide bonds. The fourth-order valence-corrected chi connectivity index (χ4v) is 4.27. The number of carbonyl (C=O) groups is 1. The van der Waals surface area contributed by atoms with Crippen LogP contribution in [0.1, 0.15) is 47.3 Å². The van der Waals surface area contributed by atoms with Crippen molar-refractivity contribution in [2.45, 2.75) is 38.5 Å². The predicted octanol–water partition coefficient (Wildman–Crippen LogP) is 2.50. The molecule has 0 spiro atoms. The summed E-state index contributed by atoms with van der Waals surface area (Å²) in [7, 11) is 0. The van der Waals surface area contributed by atoms with Gasteiger partial charge in [-0.25, -0.2) is 9.78 Å². The highest BCUT2D eigenvalue weighted by atomic mass is 16.4. The van der Waals surface area contributed by atoms with Gasteiger partial charge < -0.3 is 10.0 Å². The highest BCUT2D eigenvalue weighted by molar-refractivity contribution is 5.93. The van der Waals surface area contributed by atoms with Crippen molar-refractivity contribution in [3.63, 3.8) is 0 Å². The number of aryl methyl sites for hydroxylation is 2. The van der Waals surface area contributed by atoms with Crippen LogP contribution >= 0.6 is 0 Å². The standard InChI is InChI=1S/C16H20N2O2/c19-16(20)13-7-10-3-2-6-14(10)17-15(13)18-8-11-4-1-5-12(11)9-18/h7,11-12H,1-6,8-9H2,(H,19,20). The number of hydrogen-bond acceptors (Lipinski definition) is 3. The Labute approximate surface area is 118 Å². The average molecular weight is 272 g/mol. The smallest absolute Gasteiger partial charge is 0.339 e. The molecule has 1 aromatic heterocycles. The summed E-state index contributed by atoms with van der Waals surface area (Å²) in [4.78, 5) is 18.5. The topological polar surface area (TPSA) is 53.4 Å². The Morgan fingerprint density at radius 1 is 1.20 bits per heavy atom. The molecule has 20 heavy (non-hydrogen) atoms. The number of aromatic carboxylic acids is 1. The van der Waals surface area contributed by atoms with Crippen molar-refractivity contribution >= 4 is 11.8 Å². The Hall–Kier alpha value is -1.58. The molecule has 0 bridgehead atoms. The van der Waals surface area contributed by atoms with E-state index < -0.39 is 5.97 Å². The van der Waals surface area contributed by atoms with Crippen LogP contribution < -0.4 is 4.90 Å². The summed E-state index contributed by atoms with van der Waals surface area (Å²) in [6.07, 6.45) is 7.03. The summed E-state index contributed by atoms with van der Waals surface area (Å²) in [6, 6.07) is 1.88. The molecule has 0 radical (unpaired) electrons. The van der Waals surface area contributed by atoms with Crippen LogP contribution in [0.2, 0.25) is 0 Å². The maximum absolute atomic E-state index is 11.6. The zero-order valence-corrected chi connectivity index (χ0v) is 11.6. The summed E-state index contributed by atoms with van der Waals surface area (Å²) in [5, 5.41) is 9.49. The molecule has 1 saturated heterocycles. The van der Waals surface area contributed by atoms with Gasteiger partial charge >= 0.3 is 5.97 Å². The van der Waals surface area contributed by atoms with Crippen molar-refractivity contribution in [2.75, 3.05) is 18.0 Å². The minimum absolute atomic E-state index is 0.408. The lowest BCUT2D eigenvalue weighted by Crippen LogP contribution is -2.25. The summed E-state index contributed by atoms with van der Waals surface area (Å²) in [5.41, 5.74) is 2.68. The van der Waals surface area contributed by atoms with E-state index in [9.17, 15) is 9.90 Å². The molecule has 3 aliphatic rings. The first-order chi connectivity index (χ1) is 9.72. The minimum Gasteiger partial charge on any atom is -0.478 e. The van der Waals surface area contributed by atoms with Crippen LogP contribution in [0.5, 0.6) is 0 Å². The second-order valence-corrected chi connectivity index (χ2v) is 6.48. The maximum Gasteiger partial charge on any atom is 0.339 e. The fraction of sp³-hybridized carbons (Fsp3) is 0.625. The van der Waals surface area contributed by atoms with Crippen molar-refractivity contribution in [1.82, 2.24) is 4.98 Å². The van der Waals surface area contributed by atoms with Gasteiger partial charge in [0.2, 0.25) is 0 Å². The molecule has 2 atom stereocenters. The maximum atomic E-state index is 11.6. The minimum atomic E-state index is -0.834. The van der Waals surface area contributed by atoms with Crippen LogP contribution in [0, 0.1) is 11.8 Å². The van der Waals surface area contributed by atoms with Gasteiger partial charge in [0, 0.05) is 18.8 Å². The van der Waals surface area contributed by atoms with Crippen molar-refractivity contribution in [2.24, 2.45) is 11.8 Å². The zero-order chi connectivity index (χ0) is 13.7. The quantitative estimate of drug-likeness (QED) is 0.898. The molecule has 0 aromatic carbocycles. The highest BCUT2D eigenvalue weighted by Crippen LogP contribution is 2.40. The third-order valence-corrected chi connectivity index (χ3v) is 5.29. The Kier molecular flexibility index (Phi) is 2.72. The largest absolute Gasteiger partial charge is 0.478 e. The number of pyridine rings is 1. The van der Waals surface area contributed by atoms with E-state index >= 15 is 0 Å². The second kappa shape index (κ2) is 4.47. The van der Waals surface area contributed by atoms with Gasteiger partial charge in [0.05, 0.1) is 0 Å². The number of nitrogens with zero attached hydrogens (tertiary/aromatic N) is 2. The van der Waals surface area contributed by atoms with Crippen molar-refractivity contribution in [3.8, 4) is 0 Å². The first-order valence-electron chi connectivity index (χ1n) is 7.73. The number of carboxylic acids is 1. The SMILES string of the molecule is O=C(O)c1cc2c(nc1N1CC3CCCC3C1)CCC2. The summed E-state index contributed by atoms with van der Waals surface area (Å²) < 4.78 is 0. The fourth-order valence-electron chi connectivity index (χ4n) is 4.27. The van der Waals surface area contributed by atoms with E-state index in [1.54, 1.807) is 0 Å². The van der Waals surface area contributed by atoms with Crippen molar-refractivity contribution in [3.05, 3.63) is 22.9 Å². The van der Waals surface area contributed by atoms with Crippen LogP contribution in [-0.2, 0) is 12.8 Å². The molecule has 1 N–H and O–H groups in total. The summed E-state index contributed by atoms with van der Waals surface area (Å²) >= 11 is 0. The number of anilines is 1. The van der Waals surface area contributed by atoms with Crippen LogP contribution in [0.4, 0.5) is 5.82 Å². The van der Waals surface area contributed by atoms with Crippen LogP contribution in [0.3, 0.4) is 0 Å². The van der Waals surface area contributed by atoms with Gasteiger partial charge in [0.25, 0.3) is 0 Å². The van der Waals surface area contributed by atoms with E-state index in [4.69, 9.17) is 4.98 Å². The molecule has 2 aliphatic carbocycles. The zero-order valence-electron chi connectivity index (χ0n) is 11.6. The normalized spacial score (nSPS) is 27.7. The lowest BCUT2D eigenvalue weighted by Gasteiger charge is -2.21. The average Bonchev–Trinajstić information content (AvgIpc) is 3.11. The van der Waals surface area contributed by atoms with Crippen molar-refractivity contribution in [1.29, 1.82) is 0 Å².